The Morgan fingerprint density at radius 3 is 2.77 bits per heavy atom. The first-order chi connectivity index (χ1) is 6.24. The Kier molecular flexibility index (Phi) is 2.82. The number of hydrogen-bond acceptors (Lipinski definition) is 2. The monoisotopic (exact) mass is 173 g/mol. The van der Waals surface area contributed by atoms with Gasteiger partial charge in [-0.15, -0.1) is 0 Å². The SMILES string of the molecule is N#Cc1ccccc1/C=C\C(=O)O. The molecule has 0 saturated heterocycles. The first-order valence-electron chi connectivity index (χ1n) is 3.64. The minimum atomic E-state index is -1.02. The lowest BCUT2D eigenvalue weighted by Gasteiger charge is -1.94. The zero-order valence-corrected chi connectivity index (χ0v) is 6.77. The maximum absolute atomic E-state index is 10.2. The minimum absolute atomic E-state index is 0.472. The van der Waals surface area contributed by atoms with E-state index >= 15 is 0 Å². The molecule has 1 aromatic carbocycles. The number of aliphatic carboxylic acids is 1. The predicted octanol–water partition coefficient (Wildman–Crippen LogP) is 1.66. The first-order valence-corrected chi connectivity index (χ1v) is 3.64. The van der Waals surface area contributed by atoms with Crippen molar-refractivity contribution in [2.24, 2.45) is 0 Å². The Hall–Kier alpha value is -2.08. The molecule has 13 heavy (non-hydrogen) atoms. The number of nitriles is 1. The molecule has 3 heteroatoms. The molecule has 1 N–H and O–H groups in total. The van der Waals surface area contributed by atoms with Crippen molar-refractivity contribution in [3.05, 3.63) is 41.5 Å². The van der Waals surface area contributed by atoms with Gasteiger partial charge in [0.2, 0.25) is 0 Å². The van der Waals surface area contributed by atoms with Crippen LogP contribution < -0.4 is 0 Å². The molecule has 0 atom stereocenters. The fourth-order valence-corrected chi connectivity index (χ4v) is 0.905. The molecule has 64 valence electrons. The van der Waals surface area contributed by atoms with Crippen molar-refractivity contribution in [2.75, 3.05) is 0 Å². The van der Waals surface area contributed by atoms with Crippen LogP contribution in [-0.2, 0) is 4.79 Å². The molecule has 0 aliphatic carbocycles. The van der Waals surface area contributed by atoms with Crippen LogP contribution in [0.4, 0.5) is 0 Å². The lowest BCUT2D eigenvalue weighted by Crippen LogP contribution is -1.87. The van der Waals surface area contributed by atoms with Gasteiger partial charge < -0.3 is 5.11 Å². The summed E-state index contributed by atoms with van der Waals surface area (Å²) in [5.41, 5.74) is 1.09. The Morgan fingerprint density at radius 1 is 1.46 bits per heavy atom. The number of rotatable bonds is 2. The molecule has 0 amide bonds. The van der Waals surface area contributed by atoms with Crippen molar-refractivity contribution < 1.29 is 9.90 Å². The number of carbonyl (C=O) groups is 1. The minimum Gasteiger partial charge on any atom is -0.478 e. The number of nitrogens with zero attached hydrogens (tertiary/aromatic N) is 1. The van der Waals surface area contributed by atoms with Gasteiger partial charge in [0.1, 0.15) is 0 Å². The third-order valence-corrected chi connectivity index (χ3v) is 1.49. The van der Waals surface area contributed by atoms with Crippen LogP contribution in [0, 0.1) is 11.3 Å². The lowest BCUT2D eigenvalue weighted by molar-refractivity contribution is -0.131. The van der Waals surface area contributed by atoms with Crippen LogP contribution in [0.1, 0.15) is 11.1 Å². The van der Waals surface area contributed by atoms with E-state index in [-0.39, 0.29) is 0 Å². The van der Waals surface area contributed by atoms with E-state index in [0.29, 0.717) is 11.1 Å². The Morgan fingerprint density at radius 2 is 2.15 bits per heavy atom. The molecule has 0 unspecified atom stereocenters. The molecule has 0 bridgehead atoms. The highest BCUT2D eigenvalue weighted by atomic mass is 16.4. The van der Waals surface area contributed by atoms with Crippen molar-refractivity contribution in [3.63, 3.8) is 0 Å². The van der Waals surface area contributed by atoms with Gasteiger partial charge in [-0.2, -0.15) is 5.26 Å². The summed E-state index contributed by atoms with van der Waals surface area (Å²) in [5, 5.41) is 17.0. The molecule has 0 aliphatic heterocycles. The van der Waals surface area contributed by atoms with Crippen LogP contribution in [0.3, 0.4) is 0 Å². The van der Waals surface area contributed by atoms with E-state index in [1.807, 2.05) is 6.07 Å². The fraction of sp³-hybridized carbons (Fsp3) is 0. The highest BCUT2D eigenvalue weighted by Gasteiger charge is 1.96. The second-order valence-corrected chi connectivity index (χ2v) is 2.37. The topological polar surface area (TPSA) is 61.1 Å². The van der Waals surface area contributed by atoms with Gasteiger partial charge in [-0.25, -0.2) is 4.79 Å². The van der Waals surface area contributed by atoms with E-state index in [9.17, 15) is 4.79 Å². The number of carboxylic acids is 1. The number of hydrogen-bond donors (Lipinski definition) is 1. The molecule has 1 aromatic rings. The molecular weight excluding hydrogens is 166 g/mol. The second kappa shape index (κ2) is 4.07. The van der Waals surface area contributed by atoms with Crippen molar-refractivity contribution in [1.29, 1.82) is 5.26 Å². The van der Waals surface area contributed by atoms with Crippen LogP contribution in [0.2, 0.25) is 0 Å². The maximum atomic E-state index is 10.2. The van der Waals surface area contributed by atoms with Gasteiger partial charge in [-0.1, -0.05) is 18.2 Å². The van der Waals surface area contributed by atoms with E-state index < -0.39 is 5.97 Å². The average Bonchev–Trinajstić information content (AvgIpc) is 2.15. The van der Waals surface area contributed by atoms with Gasteiger partial charge in [-0.05, 0) is 17.7 Å². The molecule has 0 radical (unpaired) electrons. The maximum Gasteiger partial charge on any atom is 0.328 e. The molecule has 0 fully saturated rings. The number of benzene rings is 1. The van der Waals surface area contributed by atoms with E-state index in [1.54, 1.807) is 24.3 Å². The first kappa shape index (κ1) is 9.01. The fourth-order valence-electron chi connectivity index (χ4n) is 0.905. The number of carboxylic acid groups (broad SMARTS) is 1. The summed E-state index contributed by atoms with van der Waals surface area (Å²) in [4.78, 5) is 10.2. The average molecular weight is 173 g/mol. The van der Waals surface area contributed by atoms with Gasteiger partial charge in [0, 0.05) is 6.08 Å². The molecule has 0 saturated carbocycles. The summed E-state index contributed by atoms with van der Waals surface area (Å²) in [6.07, 6.45) is 2.41. The Balaban J connectivity index is 3.02. The van der Waals surface area contributed by atoms with Crippen molar-refractivity contribution in [2.45, 2.75) is 0 Å². The third-order valence-electron chi connectivity index (χ3n) is 1.49. The highest BCUT2D eigenvalue weighted by molar-refractivity contribution is 5.85. The standard InChI is InChI=1S/C10H7NO2/c11-7-9-4-2-1-3-8(9)5-6-10(12)13/h1-6H,(H,12,13)/b6-5-. The third kappa shape index (κ3) is 2.46. The van der Waals surface area contributed by atoms with E-state index in [1.165, 1.54) is 6.08 Å². The molecule has 3 nitrogen and oxygen atoms in total. The zero-order chi connectivity index (χ0) is 9.68. The molecule has 0 heterocycles. The summed E-state index contributed by atoms with van der Waals surface area (Å²) in [5.74, 6) is -1.02. The van der Waals surface area contributed by atoms with Crippen LogP contribution in [0.15, 0.2) is 30.3 Å². The van der Waals surface area contributed by atoms with Crippen LogP contribution in [0.25, 0.3) is 6.08 Å². The zero-order valence-electron chi connectivity index (χ0n) is 6.77. The Bertz CT molecular complexity index is 388. The molecule has 0 aromatic heterocycles. The highest BCUT2D eigenvalue weighted by Crippen LogP contribution is 2.08. The van der Waals surface area contributed by atoms with E-state index in [4.69, 9.17) is 10.4 Å². The Labute approximate surface area is 75.5 Å². The van der Waals surface area contributed by atoms with Crippen LogP contribution in [0.5, 0.6) is 0 Å². The van der Waals surface area contributed by atoms with Crippen molar-refractivity contribution >= 4 is 12.0 Å². The quantitative estimate of drug-likeness (QED) is 0.692. The summed E-state index contributed by atoms with van der Waals surface area (Å²) >= 11 is 0. The van der Waals surface area contributed by atoms with Gasteiger partial charge in [0.15, 0.2) is 0 Å². The summed E-state index contributed by atoms with van der Waals surface area (Å²) in [7, 11) is 0. The summed E-state index contributed by atoms with van der Waals surface area (Å²) in [6, 6.07) is 8.79. The molecule has 1 rings (SSSR count). The predicted molar refractivity (Wildman–Crippen MR) is 47.8 cm³/mol. The van der Waals surface area contributed by atoms with Gasteiger partial charge in [0.25, 0.3) is 0 Å². The van der Waals surface area contributed by atoms with Gasteiger partial charge in [-0.3, -0.25) is 0 Å². The normalized spacial score (nSPS) is 9.77. The molecule has 0 aliphatic rings. The largest absolute Gasteiger partial charge is 0.478 e. The van der Waals surface area contributed by atoms with E-state index in [0.717, 1.165) is 6.08 Å². The van der Waals surface area contributed by atoms with Gasteiger partial charge in [0.05, 0.1) is 11.6 Å². The second-order valence-electron chi connectivity index (χ2n) is 2.37. The lowest BCUT2D eigenvalue weighted by atomic mass is 10.1. The molecular formula is C10H7NO2. The molecule has 0 spiro atoms. The van der Waals surface area contributed by atoms with Crippen molar-refractivity contribution in [1.82, 2.24) is 0 Å². The van der Waals surface area contributed by atoms with Crippen LogP contribution >= 0.6 is 0 Å². The summed E-state index contributed by atoms with van der Waals surface area (Å²) in [6.45, 7) is 0. The van der Waals surface area contributed by atoms with Gasteiger partial charge >= 0.3 is 5.97 Å². The van der Waals surface area contributed by atoms with Crippen LogP contribution in [-0.4, -0.2) is 11.1 Å². The summed E-state index contributed by atoms with van der Waals surface area (Å²) < 4.78 is 0. The smallest absolute Gasteiger partial charge is 0.328 e. The van der Waals surface area contributed by atoms with Crippen molar-refractivity contribution in [3.8, 4) is 6.07 Å². The van der Waals surface area contributed by atoms with E-state index in [2.05, 4.69) is 0 Å².